The number of aromatic nitrogens is 1. The van der Waals surface area contributed by atoms with E-state index in [2.05, 4.69) is 52.6 Å². The lowest BCUT2D eigenvalue weighted by Crippen LogP contribution is -2.52. The van der Waals surface area contributed by atoms with Crippen molar-refractivity contribution in [3.8, 4) is 0 Å². The highest BCUT2D eigenvalue weighted by molar-refractivity contribution is 6.23. The number of carbonyl (C=O) groups is 5. The summed E-state index contributed by atoms with van der Waals surface area (Å²) in [5.41, 5.74) is 11.0. The standard InChI is InChI=1S/C59H80N6O10/c1-35-29-43-51(48(66)33-47(53(43)68)63-55(69)36(2)11-9-13-49(72-7)54(75-56(60)70)38(4)31-37(3)52(67)50(30-35)73-8)62-23-24-64-25-27-65(28-26-64)57(71)74-41-18-20-58(5)40(32-41)14-15-42-45-17-16-44(39-12-10-22-61-34-39)59(45,6)21-19-46(42)58/h9-14,16,22,31,33-35,37,41-42,45-46,49-50,52,54,62,67H,15,17-21,23-30,32H2,1-8H3,(H2,60,70)(H,63,69)/t35-,37+,41+,42+,45+,46+,49+,50+,52+,54+,58+,59-/m1/s1. The number of carbonyl (C=O) groups excluding carboxylic acids is 5. The van der Waals surface area contributed by atoms with Crippen LogP contribution in [0.5, 0.6) is 0 Å². The van der Waals surface area contributed by atoms with Gasteiger partial charge in [-0.05, 0) is 122 Å². The predicted octanol–water partition coefficient (Wildman–Crippen LogP) is 7.53. The van der Waals surface area contributed by atoms with E-state index in [1.54, 1.807) is 37.0 Å². The number of Topliss-reactive ketones (excluding diaryl/α,β-unsaturated/α-hetero) is 1. The van der Waals surface area contributed by atoms with Gasteiger partial charge in [0, 0.05) is 95.4 Å². The molecular weight excluding hydrogens is 953 g/mol. The number of allylic oxidation sites excluding steroid dienone is 7. The van der Waals surface area contributed by atoms with Gasteiger partial charge in [-0.1, -0.05) is 75.8 Å². The van der Waals surface area contributed by atoms with Crippen molar-refractivity contribution in [3.05, 3.63) is 106 Å². The van der Waals surface area contributed by atoms with E-state index in [0.29, 0.717) is 69.0 Å². The van der Waals surface area contributed by atoms with Crippen LogP contribution in [-0.2, 0) is 33.3 Å². The van der Waals surface area contributed by atoms with Crippen LogP contribution in [0.4, 0.5) is 9.59 Å². The minimum atomic E-state index is -1.01. The Labute approximate surface area is 443 Å². The van der Waals surface area contributed by atoms with Crippen LogP contribution >= 0.6 is 0 Å². The van der Waals surface area contributed by atoms with Crippen LogP contribution in [-0.4, -0.2) is 134 Å². The summed E-state index contributed by atoms with van der Waals surface area (Å²) in [6.45, 7) is 15.2. The van der Waals surface area contributed by atoms with Crippen LogP contribution in [0.15, 0.2) is 101 Å². The molecule has 16 heteroatoms. The number of ketones is 2. The number of nitrogens with one attached hydrogen (secondary N) is 2. The van der Waals surface area contributed by atoms with Crippen molar-refractivity contribution in [2.24, 2.45) is 46.2 Å². The molecule has 0 aromatic carbocycles. The lowest BCUT2D eigenvalue weighted by atomic mass is 9.47. The van der Waals surface area contributed by atoms with Gasteiger partial charge >= 0.3 is 12.2 Å². The number of fused-ring (bicyclic) bond motifs is 7. The van der Waals surface area contributed by atoms with Crippen molar-refractivity contribution in [2.45, 2.75) is 130 Å². The Kier molecular flexibility index (Phi) is 17.5. The number of methoxy groups -OCH3 is 2. The summed E-state index contributed by atoms with van der Waals surface area (Å²) in [5.74, 6) is -0.348. The molecule has 3 fully saturated rings. The first-order chi connectivity index (χ1) is 35.8. The van der Waals surface area contributed by atoms with Gasteiger partial charge in [-0.15, -0.1) is 0 Å². The zero-order valence-electron chi connectivity index (χ0n) is 45.3. The maximum atomic E-state index is 14.3. The third-order valence-corrected chi connectivity index (χ3v) is 18.0. The lowest BCUT2D eigenvalue weighted by Gasteiger charge is -2.58. The van der Waals surface area contributed by atoms with E-state index in [1.807, 2.05) is 32.3 Å². The number of nitrogens with two attached hydrogens (primary N) is 1. The Bertz CT molecular complexity index is 2560. The summed E-state index contributed by atoms with van der Waals surface area (Å²) in [7, 11) is 2.95. The summed E-state index contributed by atoms with van der Waals surface area (Å²) < 4.78 is 23.2. The monoisotopic (exact) mass is 1030 g/mol. The molecule has 16 nitrogen and oxygen atoms in total. The molecule has 0 unspecified atom stereocenters. The fourth-order valence-electron chi connectivity index (χ4n) is 13.8. The molecule has 75 heavy (non-hydrogen) atoms. The van der Waals surface area contributed by atoms with E-state index in [9.17, 15) is 29.1 Å². The Hall–Kier alpha value is -5.68. The van der Waals surface area contributed by atoms with E-state index in [1.165, 1.54) is 49.8 Å². The Morgan fingerprint density at radius 3 is 2.43 bits per heavy atom. The van der Waals surface area contributed by atoms with Crippen molar-refractivity contribution in [3.63, 3.8) is 0 Å². The van der Waals surface area contributed by atoms with Gasteiger partial charge < -0.3 is 45.3 Å². The number of pyridine rings is 1. The van der Waals surface area contributed by atoms with Crippen molar-refractivity contribution in [1.29, 1.82) is 0 Å². The minimum absolute atomic E-state index is 0.127. The molecule has 2 aliphatic heterocycles. The smallest absolute Gasteiger partial charge is 0.410 e. The Balaban J connectivity index is 0.870. The zero-order valence-corrected chi connectivity index (χ0v) is 45.3. The lowest BCUT2D eigenvalue weighted by molar-refractivity contribution is -0.120. The Morgan fingerprint density at radius 1 is 0.960 bits per heavy atom. The number of hydrogen-bond acceptors (Lipinski definition) is 13. The topological polar surface area (TPSA) is 212 Å². The highest BCUT2D eigenvalue weighted by Crippen LogP contribution is 2.66. The molecule has 5 aliphatic carbocycles. The number of nitrogens with zero attached hydrogens (tertiary/aromatic N) is 3. The van der Waals surface area contributed by atoms with Gasteiger partial charge in [-0.2, -0.15) is 0 Å². The van der Waals surface area contributed by atoms with Crippen LogP contribution < -0.4 is 16.4 Å². The van der Waals surface area contributed by atoms with Gasteiger partial charge in [-0.25, -0.2) is 9.59 Å². The molecule has 3 amide bonds. The molecule has 1 aromatic heterocycles. The van der Waals surface area contributed by atoms with Gasteiger partial charge in [0.15, 0.2) is 6.10 Å². The average Bonchev–Trinajstić information content (AvgIpc) is 3.78. The normalized spacial score (nSPS) is 34.1. The quantitative estimate of drug-likeness (QED) is 0.139. The highest BCUT2D eigenvalue weighted by atomic mass is 16.6. The molecule has 0 radical (unpaired) electrons. The second kappa shape index (κ2) is 23.7. The van der Waals surface area contributed by atoms with Crippen molar-refractivity contribution >= 4 is 35.2 Å². The second-order valence-corrected chi connectivity index (χ2v) is 22.7. The molecule has 5 N–H and O–H groups in total. The molecule has 3 heterocycles. The van der Waals surface area contributed by atoms with Crippen LogP contribution in [0.3, 0.4) is 0 Å². The SMILES string of the molecule is CO[C@H]1C=CC=C(C)C(=O)NC2=CC(=O)C(NCCN3CCN(C(=O)O[C@H]4CC[C@@]5(C)C(=CC[C@@H]6[C@@H]5CC[C@]5(C)C(c7cccnc7)=CC[C@@H]65)C4)CC3)=C(C[C@@H](C)C[C@H](OC)[C@@H](O)[C@@H](C)C=C(C)[C@@H]1OC(N)=O)C2=O. The molecule has 2 bridgehead atoms. The second-order valence-electron chi connectivity index (χ2n) is 22.7. The van der Waals surface area contributed by atoms with Gasteiger partial charge in [-0.3, -0.25) is 24.3 Å². The first kappa shape index (κ1) is 55.5. The van der Waals surface area contributed by atoms with Gasteiger partial charge in [0.2, 0.25) is 11.6 Å². The van der Waals surface area contributed by atoms with E-state index < -0.39 is 53.9 Å². The first-order valence-electron chi connectivity index (χ1n) is 27.2. The number of piperazine rings is 1. The average molecular weight is 1030 g/mol. The van der Waals surface area contributed by atoms with Crippen molar-refractivity contribution in [2.75, 3.05) is 53.5 Å². The van der Waals surface area contributed by atoms with Crippen LogP contribution in [0.25, 0.3) is 5.57 Å². The zero-order chi connectivity index (χ0) is 53.8. The minimum Gasteiger partial charge on any atom is -0.446 e. The number of aliphatic hydroxyl groups is 1. The van der Waals surface area contributed by atoms with Gasteiger partial charge in [0.05, 0.1) is 23.6 Å². The number of aliphatic hydroxyl groups excluding tert-OH is 1. The Morgan fingerprint density at radius 2 is 1.72 bits per heavy atom. The molecule has 8 rings (SSSR count). The number of rotatable bonds is 9. The highest BCUT2D eigenvalue weighted by Gasteiger charge is 2.57. The van der Waals surface area contributed by atoms with E-state index in [4.69, 9.17) is 24.7 Å². The molecular formula is C59H80N6O10. The molecule has 0 spiro atoms. The molecule has 2 saturated carbocycles. The third kappa shape index (κ3) is 12.0. The molecule has 406 valence electrons. The van der Waals surface area contributed by atoms with Crippen molar-refractivity contribution < 1.29 is 48.0 Å². The summed E-state index contributed by atoms with van der Waals surface area (Å²) in [6, 6.07) is 4.26. The molecule has 1 saturated heterocycles. The van der Waals surface area contributed by atoms with Crippen LogP contribution in [0.2, 0.25) is 0 Å². The maximum Gasteiger partial charge on any atom is 0.410 e. The first-order valence-corrected chi connectivity index (χ1v) is 27.2. The summed E-state index contributed by atoms with van der Waals surface area (Å²) in [6.07, 6.45) is 19.4. The number of ether oxygens (including phenoxy) is 4. The fraction of sp³-hybridized carbons (Fsp3) is 0.593. The summed E-state index contributed by atoms with van der Waals surface area (Å²) in [4.78, 5) is 75.8. The van der Waals surface area contributed by atoms with Crippen molar-refractivity contribution in [1.82, 2.24) is 25.4 Å². The van der Waals surface area contributed by atoms with Gasteiger partial charge in [0.25, 0.3) is 5.91 Å². The van der Waals surface area contributed by atoms with E-state index in [0.717, 1.165) is 38.2 Å². The molecule has 1 aromatic rings. The largest absolute Gasteiger partial charge is 0.446 e. The number of amides is 3. The third-order valence-electron chi connectivity index (χ3n) is 18.0. The fourth-order valence-corrected chi connectivity index (χ4v) is 13.8. The van der Waals surface area contributed by atoms with E-state index >= 15 is 0 Å². The summed E-state index contributed by atoms with van der Waals surface area (Å²) in [5, 5.41) is 17.5. The predicted molar refractivity (Wildman–Crippen MR) is 285 cm³/mol. The molecule has 7 aliphatic rings. The number of hydrogen-bond donors (Lipinski definition) is 4. The maximum absolute atomic E-state index is 14.3. The van der Waals surface area contributed by atoms with Crippen LogP contribution in [0, 0.1) is 40.4 Å². The summed E-state index contributed by atoms with van der Waals surface area (Å²) >= 11 is 0. The van der Waals surface area contributed by atoms with Gasteiger partial charge in [0.1, 0.15) is 12.2 Å². The van der Waals surface area contributed by atoms with E-state index in [-0.39, 0.29) is 57.9 Å². The number of primary amides is 1. The van der Waals surface area contributed by atoms with Crippen LogP contribution in [0.1, 0.15) is 105 Å². The molecule has 12 atom stereocenters.